The minimum atomic E-state index is -0.246. The van der Waals surface area contributed by atoms with Gasteiger partial charge in [0.05, 0.1) is 6.10 Å². The average molecular weight is 555 g/mol. The van der Waals surface area contributed by atoms with Gasteiger partial charge in [0.2, 0.25) is 0 Å². The molecule has 2 aliphatic rings. The number of unbranched alkanes of at least 4 members (excludes halogenated alkanes) is 1. The van der Waals surface area contributed by atoms with Gasteiger partial charge in [0.1, 0.15) is 0 Å². The van der Waals surface area contributed by atoms with Crippen LogP contribution in [0.25, 0.3) is 0 Å². The predicted octanol–water partition coefficient (Wildman–Crippen LogP) is 11.5. The average Bonchev–Trinajstić information content (AvgIpc) is 2.84. The van der Waals surface area contributed by atoms with Gasteiger partial charge in [0, 0.05) is 11.0 Å². The summed E-state index contributed by atoms with van der Waals surface area (Å²) < 4.78 is 0. The highest BCUT2D eigenvalue weighted by molar-refractivity contribution is 5.45. The Morgan fingerprint density at radius 2 is 1.54 bits per heavy atom. The zero-order chi connectivity index (χ0) is 30.6. The molecule has 0 spiro atoms. The molecule has 2 aliphatic carbocycles. The maximum atomic E-state index is 10.1. The zero-order valence-electron chi connectivity index (χ0n) is 28.0. The second-order valence-corrected chi connectivity index (χ2v) is 13.9. The van der Waals surface area contributed by atoms with Gasteiger partial charge in [-0.25, -0.2) is 0 Å². The second kappa shape index (κ2) is 16.2. The standard InChI is InChI=1S/C40H58O/c1-30(18-13-20-32(3)23-25-37-34(5)22-15-27-39(37,7)8)16-11-12-17-31(2)19-14-21-33(4)24-26-38-35(6)28-36(41)29-40(38,9)10/h14,16-17,19-21,23,25,36,41H,11-13,15,18,22,27-29H2,1-10H3/b19-14+,25-23+,30-16+,31-17+,32-20+,33-21+/t36-/m1/s1. The molecule has 0 aromatic carbocycles. The molecule has 0 saturated carbocycles. The van der Waals surface area contributed by atoms with Crippen molar-refractivity contribution in [2.24, 2.45) is 10.8 Å². The molecule has 0 aromatic heterocycles. The number of aliphatic hydroxyl groups excluding tert-OH is 1. The Hall–Kier alpha value is -2.56. The molecular formula is C40H58O. The van der Waals surface area contributed by atoms with Gasteiger partial charge in [-0.15, -0.1) is 0 Å². The summed E-state index contributed by atoms with van der Waals surface area (Å²) in [6.07, 6.45) is 27.6. The number of allylic oxidation sites excluding steroid dienone is 15. The molecule has 1 nitrogen and oxygen atoms in total. The third kappa shape index (κ3) is 12.1. The second-order valence-electron chi connectivity index (χ2n) is 13.9. The third-order valence-electron chi connectivity index (χ3n) is 8.67. The van der Waals surface area contributed by atoms with Crippen LogP contribution < -0.4 is 0 Å². The molecule has 0 radical (unpaired) electrons. The molecule has 1 heteroatoms. The molecule has 0 amide bonds. The third-order valence-corrected chi connectivity index (χ3v) is 8.67. The molecule has 0 saturated heterocycles. The largest absolute Gasteiger partial charge is 0.393 e. The fourth-order valence-electron chi connectivity index (χ4n) is 6.25. The van der Waals surface area contributed by atoms with Crippen molar-refractivity contribution in [2.75, 3.05) is 0 Å². The Morgan fingerprint density at radius 1 is 0.878 bits per heavy atom. The van der Waals surface area contributed by atoms with Gasteiger partial charge < -0.3 is 5.11 Å². The van der Waals surface area contributed by atoms with Gasteiger partial charge in [-0.3, -0.25) is 0 Å². The summed E-state index contributed by atoms with van der Waals surface area (Å²) in [5.74, 6) is 6.73. The molecule has 0 unspecified atom stereocenters. The molecule has 1 N–H and O–H groups in total. The molecule has 0 aromatic rings. The number of hydrogen-bond donors (Lipinski definition) is 1. The van der Waals surface area contributed by atoms with Crippen LogP contribution in [0.5, 0.6) is 0 Å². The summed E-state index contributed by atoms with van der Waals surface area (Å²) in [6, 6.07) is 0. The molecule has 224 valence electrons. The van der Waals surface area contributed by atoms with Crippen LogP contribution in [-0.4, -0.2) is 11.2 Å². The van der Waals surface area contributed by atoms with E-state index in [1.165, 1.54) is 47.1 Å². The van der Waals surface area contributed by atoms with Crippen LogP contribution in [0.4, 0.5) is 0 Å². The Bertz CT molecular complexity index is 1220. The molecule has 0 bridgehead atoms. The van der Waals surface area contributed by atoms with Gasteiger partial charge in [-0.1, -0.05) is 116 Å². The first-order chi connectivity index (χ1) is 19.2. The van der Waals surface area contributed by atoms with Gasteiger partial charge >= 0.3 is 0 Å². The smallest absolute Gasteiger partial charge is 0.0586 e. The highest BCUT2D eigenvalue weighted by Crippen LogP contribution is 2.41. The Kier molecular flexibility index (Phi) is 13.7. The Balaban J connectivity index is 1.79. The maximum Gasteiger partial charge on any atom is 0.0586 e. The molecule has 0 aliphatic heterocycles. The first-order valence-corrected chi connectivity index (χ1v) is 15.8. The molecule has 0 heterocycles. The van der Waals surface area contributed by atoms with E-state index in [1.807, 2.05) is 0 Å². The van der Waals surface area contributed by atoms with Crippen molar-refractivity contribution in [2.45, 2.75) is 133 Å². The van der Waals surface area contributed by atoms with E-state index in [-0.39, 0.29) is 11.5 Å². The highest BCUT2D eigenvalue weighted by Gasteiger charge is 2.32. The monoisotopic (exact) mass is 554 g/mol. The number of aliphatic hydroxyl groups is 1. The van der Waals surface area contributed by atoms with E-state index in [2.05, 4.69) is 130 Å². The van der Waals surface area contributed by atoms with Crippen molar-refractivity contribution in [1.82, 2.24) is 0 Å². The van der Waals surface area contributed by atoms with Gasteiger partial charge in [0.25, 0.3) is 0 Å². The predicted molar refractivity (Wildman–Crippen MR) is 182 cm³/mol. The van der Waals surface area contributed by atoms with Gasteiger partial charge in [-0.2, -0.15) is 0 Å². The summed E-state index contributed by atoms with van der Waals surface area (Å²) in [5.41, 5.74) is 10.9. The van der Waals surface area contributed by atoms with Crippen molar-refractivity contribution in [3.05, 3.63) is 93.2 Å². The van der Waals surface area contributed by atoms with E-state index in [0.717, 1.165) is 44.1 Å². The van der Waals surface area contributed by atoms with E-state index in [1.54, 1.807) is 11.1 Å². The summed E-state index contributed by atoms with van der Waals surface area (Å²) in [5, 5.41) is 10.1. The lowest BCUT2D eigenvalue weighted by atomic mass is 9.72. The first-order valence-electron chi connectivity index (χ1n) is 15.8. The van der Waals surface area contributed by atoms with Crippen LogP contribution in [0, 0.1) is 22.7 Å². The summed E-state index contributed by atoms with van der Waals surface area (Å²) in [4.78, 5) is 0. The van der Waals surface area contributed by atoms with Crippen molar-refractivity contribution in [3.63, 3.8) is 0 Å². The van der Waals surface area contributed by atoms with Crippen molar-refractivity contribution in [1.29, 1.82) is 0 Å². The minimum Gasteiger partial charge on any atom is -0.393 e. The van der Waals surface area contributed by atoms with Crippen molar-refractivity contribution < 1.29 is 5.11 Å². The van der Waals surface area contributed by atoms with Crippen LogP contribution in [0.15, 0.2) is 93.2 Å². The Morgan fingerprint density at radius 3 is 2.22 bits per heavy atom. The van der Waals surface area contributed by atoms with Gasteiger partial charge in [-0.05, 0) is 116 Å². The quantitative estimate of drug-likeness (QED) is 0.123. The van der Waals surface area contributed by atoms with Gasteiger partial charge in [0.15, 0.2) is 0 Å². The molecule has 41 heavy (non-hydrogen) atoms. The summed E-state index contributed by atoms with van der Waals surface area (Å²) in [7, 11) is 0. The van der Waals surface area contributed by atoms with E-state index in [9.17, 15) is 5.11 Å². The lowest BCUT2D eigenvalue weighted by Gasteiger charge is -2.34. The summed E-state index contributed by atoms with van der Waals surface area (Å²) in [6.45, 7) is 22.3. The van der Waals surface area contributed by atoms with Crippen LogP contribution in [0.1, 0.15) is 127 Å². The Labute approximate surface area is 253 Å². The fraction of sp³-hybridized carbons (Fsp3) is 0.550. The lowest BCUT2D eigenvalue weighted by Crippen LogP contribution is -2.28. The normalized spacial score (nSPS) is 22.6. The van der Waals surface area contributed by atoms with Crippen LogP contribution in [0.3, 0.4) is 0 Å². The molecule has 2 rings (SSSR count). The van der Waals surface area contributed by atoms with E-state index >= 15 is 0 Å². The van der Waals surface area contributed by atoms with Crippen molar-refractivity contribution in [3.8, 4) is 11.8 Å². The van der Waals surface area contributed by atoms with Crippen LogP contribution in [-0.2, 0) is 0 Å². The topological polar surface area (TPSA) is 20.2 Å². The lowest BCUT2D eigenvalue weighted by molar-refractivity contribution is 0.117. The SMILES string of the molecule is CC1=C(C#C/C(C)=C/C=C/C(C)=C/CC/C=C(\C)CC/C=C(C)/C=C/C2=C(C)CCCC2(C)C)C(C)(C)C[C@H](O)C1. The maximum absolute atomic E-state index is 10.1. The minimum absolute atomic E-state index is 0.0622. The van der Waals surface area contributed by atoms with Crippen LogP contribution >= 0.6 is 0 Å². The summed E-state index contributed by atoms with van der Waals surface area (Å²) >= 11 is 0. The molecule has 0 fully saturated rings. The van der Waals surface area contributed by atoms with E-state index in [0.29, 0.717) is 5.41 Å². The first kappa shape index (κ1) is 34.6. The van der Waals surface area contributed by atoms with Crippen molar-refractivity contribution >= 4 is 0 Å². The zero-order valence-corrected chi connectivity index (χ0v) is 28.0. The van der Waals surface area contributed by atoms with Crippen LogP contribution in [0.2, 0.25) is 0 Å². The number of hydrogen-bond acceptors (Lipinski definition) is 1. The fourth-order valence-corrected chi connectivity index (χ4v) is 6.25. The molecular weight excluding hydrogens is 496 g/mol. The number of rotatable bonds is 10. The highest BCUT2D eigenvalue weighted by atomic mass is 16.3. The van der Waals surface area contributed by atoms with E-state index < -0.39 is 0 Å². The molecule has 1 atom stereocenters. The van der Waals surface area contributed by atoms with E-state index in [4.69, 9.17) is 0 Å².